The summed E-state index contributed by atoms with van der Waals surface area (Å²) in [5.41, 5.74) is 1.10. The van der Waals surface area contributed by atoms with E-state index in [9.17, 15) is 0 Å². The summed E-state index contributed by atoms with van der Waals surface area (Å²) in [5, 5.41) is 4.70. The Morgan fingerprint density at radius 1 is 1.48 bits per heavy atom. The molecule has 2 heterocycles. The third-order valence-corrected chi connectivity index (χ3v) is 4.97. The predicted molar refractivity (Wildman–Crippen MR) is 90.0 cm³/mol. The van der Waals surface area contributed by atoms with E-state index in [4.69, 9.17) is 9.72 Å². The number of thiazole rings is 1. The number of rotatable bonds is 7. The van der Waals surface area contributed by atoms with Crippen LogP contribution in [0.2, 0.25) is 0 Å². The minimum Gasteiger partial charge on any atom is -0.378 e. The van der Waals surface area contributed by atoms with Gasteiger partial charge in [-0.15, -0.1) is 11.3 Å². The summed E-state index contributed by atoms with van der Waals surface area (Å²) in [5.74, 6) is 1.45. The van der Waals surface area contributed by atoms with Gasteiger partial charge in [0, 0.05) is 31.6 Å². The first-order valence-corrected chi connectivity index (χ1v) is 8.85. The minimum absolute atomic E-state index is 0.610. The molecular formula is C16H29N3OS. The average molecular weight is 311 g/mol. The highest BCUT2D eigenvalue weighted by Crippen LogP contribution is 2.30. The number of ether oxygens (including phenoxy) is 1. The fraction of sp³-hybridized carbons (Fsp3) is 0.812. The van der Waals surface area contributed by atoms with Crippen LogP contribution in [0.25, 0.3) is 0 Å². The summed E-state index contributed by atoms with van der Waals surface area (Å²) in [6, 6.07) is 0. The molecule has 0 bridgehead atoms. The van der Waals surface area contributed by atoms with Crippen LogP contribution in [0, 0.1) is 11.8 Å². The molecule has 0 saturated carbocycles. The lowest BCUT2D eigenvalue weighted by molar-refractivity contribution is 0.181. The Morgan fingerprint density at radius 3 is 2.95 bits per heavy atom. The number of methoxy groups -OCH3 is 1. The van der Waals surface area contributed by atoms with Crippen molar-refractivity contribution in [3.63, 3.8) is 0 Å². The van der Waals surface area contributed by atoms with E-state index in [-0.39, 0.29) is 0 Å². The lowest BCUT2D eigenvalue weighted by atomic mass is 10.0. The SMILES string of the molecule is COCc1nc(N2CCCC(C)C2)sc1CNCC(C)C. The van der Waals surface area contributed by atoms with E-state index in [1.54, 1.807) is 7.11 Å². The van der Waals surface area contributed by atoms with Gasteiger partial charge in [-0.25, -0.2) is 4.98 Å². The molecule has 1 saturated heterocycles. The highest BCUT2D eigenvalue weighted by atomic mass is 32.1. The molecule has 1 fully saturated rings. The van der Waals surface area contributed by atoms with Crippen LogP contribution >= 0.6 is 11.3 Å². The molecule has 1 atom stereocenters. The summed E-state index contributed by atoms with van der Waals surface area (Å²) in [6.07, 6.45) is 2.62. The average Bonchev–Trinajstić information content (AvgIpc) is 2.82. The molecule has 0 spiro atoms. The lowest BCUT2D eigenvalue weighted by Crippen LogP contribution is -2.34. The molecule has 1 unspecified atom stereocenters. The molecule has 0 aliphatic carbocycles. The Hall–Kier alpha value is -0.650. The Balaban J connectivity index is 2.04. The minimum atomic E-state index is 0.610. The summed E-state index contributed by atoms with van der Waals surface area (Å²) >= 11 is 1.83. The van der Waals surface area contributed by atoms with Gasteiger partial charge in [-0.2, -0.15) is 0 Å². The second-order valence-electron chi connectivity index (χ2n) is 6.52. The van der Waals surface area contributed by atoms with Crippen LogP contribution in [0.4, 0.5) is 5.13 Å². The van der Waals surface area contributed by atoms with Crippen LogP contribution in [0.15, 0.2) is 0 Å². The maximum absolute atomic E-state index is 5.32. The van der Waals surface area contributed by atoms with Crippen molar-refractivity contribution in [3.05, 3.63) is 10.6 Å². The van der Waals surface area contributed by atoms with Crippen LogP contribution in [0.1, 0.15) is 44.2 Å². The van der Waals surface area contributed by atoms with E-state index in [1.165, 1.54) is 22.9 Å². The van der Waals surface area contributed by atoms with E-state index in [2.05, 4.69) is 31.0 Å². The monoisotopic (exact) mass is 311 g/mol. The molecular weight excluding hydrogens is 282 g/mol. The lowest BCUT2D eigenvalue weighted by Gasteiger charge is -2.30. The van der Waals surface area contributed by atoms with Gasteiger partial charge >= 0.3 is 0 Å². The molecule has 5 heteroatoms. The molecule has 2 rings (SSSR count). The van der Waals surface area contributed by atoms with Gasteiger partial charge in [0.15, 0.2) is 5.13 Å². The zero-order chi connectivity index (χ0) is 15.2. The molecule has 4 nitrogen and oxygen atoms in total. The van der Waals surface area contributed by atoms with E-state index in [1.807, 2.05) is 11.3 Å². The van der Waals surface area contributed by atoms with E-state index in [0.717, 1.165) is 37.8 Å². The molecule has 1 aromatic heterocycles. The molecule has 120 valence electrons. The van der Waals surface area contributed by atoms with Gasteiger partial charge in [-0.05, 0) is 31.2 Å². The first kappa shape index (κ1) is 16.7. The maximum atomic E-state index is 5.32. The Morgan fingerprint density at radius 2 is 2.29 bits per heavy atom. The normalized spacial score (nSPS) is 19.5. The van der Waals surface area contributed by atoms with Crippen molar-refractivity contribution >= 4 is 16.5 Å². The number of nitrogens with zero attached hydrogens (tertiary/aromatic N) is 2. The topological polar surface area (TPSA) is 37.4 Å². The third kappa shape index (κ3) is 4.94. The van der Waals surface area contributed by atoms with Crippen molar-refractivity contribution in [1.29, 1.82) is 0 Å². The van der Waals surface area contributed by atoms with Gasteiger partial charge in [0.25, 0.3) is 0 Å². The maximum Gasteiger partial charge on any atom is 0.185 e. The van der Waals surface area contributed by atoms with E-state index >= 15 is 0 Å². The first-order chi connectivity index (χ1) is 10.1. The number of hydrogen-bond acceptors (Lipinski definition) is 5. The Labute approximate surface area is 132 Å². The molecule has 0 radical (unpaired) electrons. The molecule has 21 heavy (non-hydrogen) atoms. The zero-order valence-corrected chi connectivity index (χ0v) is 14.6. The zero-order valence-electron chi connectivity index (χ0n) is 13.8. The van der Waals surface area contributed by atoms with Crippen molar-refractivity contribution < 1.29 is 4.74 Å². The Kier molecular flexibility index (Phi) is 6.45. The number of piperidine rings is 1. The quantitative estimate of drug-likeness (QED) is 0.838. The van der Waals surface area contributed by atoms with Crippen LogP contribution in [0.5, 0.6) is 0 Å². The predicted octanol–water partition coefficient (Wildman–Crippen LogP) is 3.27. The molecule has 0 amide bonds. The summed E-state index contributed by atoms with van der Waals surface area (Å²) < 4.78 is 5.32. The van der Waals surface area contributed by atoms with Gasteiger partial charge in [-0.3, -0.25) is 0 Å². The molecule has 1 N–H and O–H groups in total. The summed E-state index contributed by atoms with van der Waals surface area (Å²) in [6.45, 7) is 11.6. The van der Waals surface area contributed by atoms with Crippen molar-refractivity contribution in [2.45, 2.75) is 46.8 Å². The first-order valence-electron chi connectivity index (χ1n) is 8.03. The molecule has 0 aromatic carbocycles. The van der Waals surface area contributed by atoms with Gasteiger partial charge in [0.05, 0.1) is 12.3 Å². The van der Waals surface area contributed by atoms with Crippen molar-refractivity contribution in [1.82, 2.24) is 10.3 Å². The van der Waals surface area contributed by atoms with Crippen LogP contribution in [-0.2, 0) is 17.9 Å². The van der Waals surface area contributed by atoms with Crippen LogP contribution in [0.3, 0.4) is 0 Å². The fourth-order valence-corrected chi connectivity index (χ4v) is 3.80. The highest BCUT2D eigenvalue weighted by Gasteiger charge is 2.21. The molecule has 1 aromatic rings. The fourth-order valence-electron chi connectivity index (χ4n) is 2.73. The van der Waals surface area contributed by atoms with Crippen molar-refractivity contribution in [2.24, 2.45) is 11.8 Å². The van der Waals surface area contributed by atoms with Crippen LogP contribution < -0.4 is 10.2 Å². The summed E-state index contributed by atoms with van der Waals surface area (Å²) in [7, 11) is 1.74. The molecule has 1 aliphatic rings. The van der Waals surface area contributed by atoms with Gasteiger partial charge in [0.1, 0.15) is 0 Å². The van der Waals surface area contributed by atoms with Gasteiger partial charge in [0.2, 0.25) is 0 Å². The van der Waals surface area contributed by atoms with Crippen molar-refractivity contribution in [2.75, 3.05) is 31.6 Å². The van der Waals surface area contributed by atoms with E-state index < -0.39 is 0 Å². The number of aromatic nitrogens is 1. The Bertz CT molecular complexity index is 433. The van der Waals surface area contributed by atoms with E-state index in [0.29, 0.717) is 12.5 Å². The smallest absolute Gasteiger partial charge is 0.185 e. The number of hydrogen-bond donors (Lipinski definition) is 1. The summed E-state index contributed by atoms with van der Waals surface area (Å²) in [4.78, 5) is 8.61. The van der Waals surface area contributed by atoms with Crippen molar-refractivity contribution in [3.8, 4) is 0 Å². The largest absolute Gasteiger partial charge is 0.378 e. The highest BCUT2D eigenvalue weighted by molar-refractivity contribution is 7.15. The standard InChI is InChI=1S/C16H29N3OS/c1-12(2)8-17-9-15-14(11-20-4)18-16(21-15)19-7-5-6-13(3)10-19/h12-13,17H,5-11H2,1-4H3. The van der Waals surface area contributed by atoms with Gasteiger partial charge in [-0.1, -0.05) is 20.8 Å². The van der Waals surface area contributed by atoms with Crippen LogP contribution in [-0.4, -0.2) is 31.7 Å². The third-order valence-electron chi connectivity index (χ3n) is 3.81. The number of nitrogens with one attached hydrogen (secondary N) is 1. The van der Waals surface area contributed by atoms with Gasteiger partial charge < -0.3 is 15.0 Å². The second kappa shape index (κ2) is 8.11. The molecule has 1 aliphatic heterocycles. The number of anilines is 1. The second-order valence-corrected chi connectivity index (χ2v) is 7.58.